The van der Waals surface area contributed by atoms with Crippen molar-refractivity contribution in [3.63, 3.8) is 0 Å². The number of nitrogens with zero attached hydrogens (tertiary/aromatic N) is 1. The van der Waals surface area contributed by atoms with Gasteiger partial charge < -0.3 is 4.84 Å². The summed E-state index contributed by atoms with van der Waals surface area (Å²) >= 11 is 5.16. The van der Waals surface area contributed by atoms with Crippen LogP contribution in [0.25, 0.3) is 0 Å². The summed E-state index contributed by atoms with van der Waals surface area (Å²) in [5, 5.41) is 0. The Morgan fingerprint density at radius 2 is 1.42 bits per heavy atom. The molecule has 120 valence electrons. The van der Waals surface area contributed by atoms with Gasteiger partial charge in [0.05, 0.1) is 6.42 Å². The maximum absolute atomic E-state index is 12.4. The molecule has 0 fully saturated rings. The second-order valence-corrected chi connectivity index (χ2v) is 5.82. The Hall–Kier alpha value is -2.72. The standard InChI is InChI=1S/C20H17NO2S/c22-20(23-21-14-8-7-13-19(21)24)15-18(16-9-3-1-4-10-16)17-11-5-2-6-12-17/h1-14,18H,15H2. The number of carbonyl (C=O) groups excluding carboxylic acids is 1. The normalized spacial score (nSPS) is 10.5. The summed E-state index contributed by atoms with van der Waals surface area (Å²) in [5.74, 6) is -0.382. The molecule has 0 saturated carbocycles. The van der Waals surface area contributed by atoms with Crippen molar-refractivity contribution in [2.75, 3.05) is 0 Å². The summed E-state index contributed by atoms with van der Waals surface area (Å²) in [5.41, 5.74) is 2.16. The van der Waals surface area contributed by atoms with Crippen molar-refractivity contribution in [2.24, 2.45) is 0 Å². The molecule has 1 heterocycles. The molecule has 0 aliphatic rings. The molecular weight excluding hydrogens is 318 g/mol. The predicted molar refractivity (Wildman–Crippen MR) is 96.2 cm³/mol. The van der Waals surface area contributed by atoms with Crippen LogP contribution < -0.4 is 4.84 Å². The van der Waals surface area contributed by atoms with Gasteiger partial charge in [-0.15, -0.1) is 0 Å². The SMILES string of the molecule is O=C(CC(c1ccccc1)c1ccccc1)On1ccccc1=S. The van der Waals surface area contributed by atoms with Crippen LogP contribution in [0.3, 0.4) is 0 Å². The van der Waals surface area contributed by atoms with Crippen LogP contribution in [-0.4, -0.2) is 10.7 Å². The third-order valence-electron chi connectivity index (χ3n) is 3.76. The highest BCUT2D eigenvalue weighted by molar-refractivity contribution is 7.71. The maximum atomic E-state index is 12.4. The molecule has 0 unspecified atom stereocenters. The largest absolute Gasteiger partial charge is 0.336 e. The molecule has 0 N–H and O–H groups in total. The monoisotopic (exact) mass is 335 g/mol. The van der Waals surface area contributed by atoms with Crippen LogP contribution in [0.2, 0.25) is 0 Å². The smallest absolute Gasteiger partial charge is 0.333 e. The molecule has 4 heteroatoms. The number of aromatic nitrogens is 1. The predicted octanol–water partition coefficient (Wildman–Crippen LogP) is 4.39. The molecule has 3 rings (SSSR count). The van der Waals surface area contributed by atoms with Crippen molar-refractivity contribution >= 4 is 18.2 Å². The van der Waals surface area contributed by atoms with E-state index in [1.54, 1.807) is 18.3 Å². The Balaban J connectivity index is 1.83. The molecule has 2 aromatic carbocycles. The Labute approximate surface area is 146 Å². The lowest BCUT2D eigenvalue weighted by Crippen LogP contribution is -2.22. The van der Waals surface area contributed by atoms with Crippen molar-refractivity contribution in [3.05, 3.63) is 101 Å². The molecule has 0 spiro atoms. The summed E-state index contributed by atoms with van der Waals surface area (Å²) in [6.45, 7) is 0. The van der Waals surface area contributed by atoms with E-state index in [1.807, 2.05) is 66.7 Å². The lowest BCUT2D eigenvalue weighted by atomic mass is 9.89. The summed E-state index contributed by atoms with van der Waals surface area (Å²) in [4.78, 5) is 17.8. The van der Waals surface area contributed by atoms with Gasteiger partial charge in [0.25, 0.3) is 0 Å². The highest BCUT2D eigenvalue weighted by Gasteiger charge is 2.19. The van der Waals surface area contributed by atoms with Gasteiger partial charge in [-0.25, -0.2) is 4.79 Å². The van der Waals surface area contributed by atoms with E-state index < -0.39 is 0 Å². The molecule has 3 aromatic rings. The fourth-order valence-electron chi connectivity index (χ4n) is 2.60. The van der Waals surface area contributed by atoms with Crippen LogP contribution >= 0.6 is 12.2 Å². The minimum atomic E-state index is -0.324. The van der Waals surface area contributed by atoms with Gasteiger partial charge in [0.2, 0.25) is 0 Å². The lowest BCUT2D eigenvalue weighted by Gasteiger charge is -2.17. The first-order valence-corrected chi connectivity index (χ1v) is 8.13. The van der Waals surface area contributed by atoms with Crippen molar-refractivity contribution in [2.45, 2.75) is 12.3 Å². The summed E-state index contributed by atoms with van der Waals surface area (Å²) in [7, 11) is 0. The van der Waals surface area contributed by atoms with Gasteiger partial charge in [-0.1, -0.05) is 78.9 Å². The van der Waals surface area contributed by atoms with Crippen LogP contribution in [0.15, 0.2) is 85.1 Å². The van der Waals surface area contributed by atoms with E-state index in [1.165, 1.54) is 4.73 Å². The number of pyridine rings is 1. The van der Waals surface area contributed by atoms with Crippen molar-refractivity contribution in [1.82, 2.24) is 4.73 Å². The maximum Gasteiger partial charge on any atom is 0.333 e. The van der Waals surface area contributed by atoms with Crippen molar-refractivity contribution < 1.29 is 9.63 Å². The Bertz CT molecular complexity index is 820. The Kier molecular flexibility index (Phi) is 5.18. The zero-order valence-corrected chi connectivity index (χ0v) is 13.9. The van der Waals surface area contributed by atoms with Gasteiger partial charge in [-0.2, -0.15) is 4.73 Å². The fourth-order valence-corrected chi connectivity index (χ4v) is 2.78. The third kappa shape index (κ3) is 3.97. The first kappa shape index (κ1) is 16.1. The number of benzene rings is 2. The molecule has 0 amide bonds. The summed E-state index contributed by atoms with van der Waals surface area (Å²) < 4.78 is 1.78. The molecule has 24 heavy (non-hydrogen) atoms. The number of hydrogen-bond acceptors (Lipinski definition) is 3. The van der Waals surface area contributed by atoms with E-state index in [0.29, 0.717) is 4.64 Å². The zero-order chi connectivity index (χ0) is 16.8. The van der Waals surface area contributed by atoms with Gasteiger partial charge in [-0.05, 0) is 23.3 Å². The Morgan fingerprint density at radius 3 is 1.96 bits per heavy atom. The third-order valence-corrected chi connectivity index (χ3v) is 4.08. The molecule has 3 nitrogen and oxygen atoms in total. The van der Waals surface area contributed by atoms with Crippen LogP contribution in [-0.2, 0) is 4.79 Å². The molecule has 0 saturated heterocycles. The second kappa shape index (κ2) is 7.70. The molecule has 1 aromatic heterocycles. The minimum absolute atomic E-state index is 0.0576. The lowest BCUT2D eigenvalue weighted by molar-refractivity contribution is -0.144. The van der Waals surface area contributed by atoms with Crippen LogP contribution in [0.1, 0.15) is 23.5 Å². The molecule has 0 bridgehead atoms. The average molecular weight is 335 g/mol. The molecule has 0 radical (unpaired) electrons. The van der Waals surface area contributed by atoms with Crippen LogP contribution in [0.5, 0.6) is 0 Å². The fraction of sp³-hybridized carbons (Fsp3) is 0.100. The molecule has 0 aliphatic carbocycles. The molecule has 0 atom stereocenters. The topological polar surface area (TPSA) is 31.2 Å². The average Bonchev–Trinajstić information content (AvgIpc) is 2.63. The van der Waals surface area contributed by atoms with E-state index in [-0.39, 0.29) is 18.3 Å². The van der Waals surface area contributed by atoms with Crippen LogP contribution in [0.4, 0.5) is 0 Å². The number of carbonyl (C=O) groups is 1. The zero-order valence-electron chi connectivity index (χ0n) is 13.0. The number of rotatable bonds is 5. The highest BCUT2D eigenvalue weighted by atomic mass is 32.1. The van der Waals surface area contributed by atoms with Gasteiger partial charge in [0.15, 0.2) is 0 Å². The summed E-state index contributed by atoms with van der Waals surface area (Å²) in [6, 6.07) is 25.2. The highest BCUT2D eigenvalue weighted by Crippen LogP contribution is 2.27. The van der Waals surface area contributed by atoms with E-state index in [0.717, 1.165) is 11.1 Å². The second-order valence-electron chi connectivity index (χ2n) is 5.41. The molecule has 0 aliphatic heterocycles. The van der Waals surface area contributed by atoms with E-state index >= 15 is 0 Å². The minimum Gasteiger partial charge on any atom is -0.336 e. The van der Waals surface area contributed by atoms with Gasteiger partial charge in [0, 0.05) is 12.1 Å². The van der Waals surface area contributed by atoms with Crippen molar-refractivity contribution in [1.29, 1.82) is 0 Å². The van der Waals surface area contributed by atoms with Gasteiger partial charge in [-0.3, -0.25) is 0 Å². The van der Waals surface area contributed by atoms with E-state index in [2.05, 4.69) is 0 Å². The Morgan fingerprint density at radius 1 is 0.875 bits per heavy atom. The van der Waals surface area contributed by atoms with E-state index in [9.17, 15) is 4.79 Å². The first-order chi connectivity index (χ1) is 11.7. The van der Waals surface area contributed by atoms with Gasteiger partial charge in [0.1, 0.15) is 4.64 Å². The van der Waals surface area contributed by atoms with Gasteiger partial charge >= 0.3 is 5.97 Å². The van der Waals surface area contributed by atoms with Crippen LogP contribution in [0, 0.1) is 4.64 Å². The number of hydrogen-bond donors (Lipinski definition) is 0. The van der Waals surface area contributed by atoms with Crippen molar-refractivity contribution in [3.8, 4) is 0 Å². The first-order valence-electron chi connectivity index (χ1n) is 7.73. The summed E-state index contributed by atoms with van der Waals surface area (Å²) in [6.07, 6.45) is 1.88. The quantitative estimate of drug-likeness (QED) is 0.648. The molecular formula is C20H17NO2S. The van der Waals surface area contributed by atoms with E-state index in [4.69, 9.17) is 17.1 Å².